The van der Waals surface area contributed by atoms with Crippen LogP contribution < -0.4 is 9.80 Å². The molecule has 0 N–H and O–H groups in total. The quantitative estimate of drug-likeness (QED) is 0.151. The van der Waals surface area contributed by atoms with Gasteiger partial charge in [0.25, 0.3) is 0 Å². The Morgan fingerprint density at radius 2 is 0.831 bits per heavy atom. The van der Waals surface area contributed by atoms with Gasteiger partial charge in [-0.05, 0) is 115 Å². The maximum atomic E-state index is 2.48. The summed E-state index contributed by atoms with van der Waals surface area (Å²) < 4.78 is 7.52. The predicted molar refractivity (Wildman–Crippen MR) is 277 cm³/mol. The number of benzene rings is 10. The number of hydrogen-bond acceptors (Lipinski definition) is 3. The van der Waals surface area contributed by atoms with E-state index in [1.165, 1.54) is 47.1 Å². The Kier molecular flexibility index (Phi) is 8.68. The van der Waals surface area contributed by atoms with Crippen LogP contribution in [0.1, 0.15) is 0 Å². The zero-order valence-electron chi connectivity index (χ0n) is 35.3. The summed E-state index contributed by atoms with van der Waals surface area (Å²) in [4.78, 5) is 4.81. The molecule has 0 aliphatic rings. The number of thiophene rings is 1. The highest BCUT2D eigenvalue weighted by atomic mass is 32.1. The van der Waals surface area contributed by atoms with E-state index >= 15 is 0 Å². The van der Waals surface area contributed by atoms with Crippen LogP contribution in [0.15, 0.2) is 243 Å². The molecule has 65 heavy (non-hydrogen) atoms. The second-order valence-electron chi connectivity index (χ2n) is 16.6. The Balaban J connectivity index is 1.12. The molecular formula is C60H40N4S. The fourth-order valence-electron chi connectivity index (χ4n) is 10.0. The van der Waals surface area contributed by atoms with E-state index < -0.39 is 0 Å². The minimum Gasteiger partial charge on any atom is -0.310 e. The summed E-state index contributed by atoms with van der Waals surface area (Å²) in [6.45, 7) is 0. The van der Waals surface area contributed by atoms with Crippen molar-refractivity contribution in [2.24, 2.45) is 0 Å². The number of aromatic nitrogens is 2. The molecule has 13 rings (SSSR count). The van der Waals surface area contributed by atoms with Crippen LogP contribution in [0.2, 0.25) is 0 Å². The molecule has 0 fully saturated rings. The molecule has 0 amide bonds. The van der Waals surface area contributed by atoms with Gasteiger partial charge in [0.15, 0.2) is 0 Å². The molecule has 10 aromatic carbocycles. The van der Waals surface area contributed by atoms with Crippen molar-refractivity contribution >= 4 is 109 Å². The third-order valence-electron chi connectivity index (χ3n) is 12.8. The highest BCUT2D eigenvalue weighted by molar-refractivity contribution is 7.25. The molecule has 3 aromatic heterocycles. The third kappa shape index (κ3) is 6.05. The van der Waals surface area contributed by atoms with Gasteiger partial charge in [-0.2, -0.15) is 0 Å². The lowest BCUT2D eigenvalue weighted by atomic mass is 10.0. The molecule has 0 saturated heterocycles. The van der Waals surface area contributed by atoms with Gasteiger partial charge in [0.1, 0.15) is 5.65 Å². The number of para-hydroxylation sites is 4. The first-order valence-corrected chi connectivity index (χ1v) is 22.9. The molecular weight excluding hydrogens is 809 g/mol. The first-order chi connectivity index (χ1) is 32.3. The average Bonchev–Trinajstić information content (AvgIpc) is 4.02. The smallest absolute Gasteiger partial charge is 0.131 e. The molecule has 0 atom stereocenters. The second-order valence-corrected chi connectivity index (χ2v) is 17.6. The fraction of sp³-hybridized carbons (Fsp3) is 0. The van der Waals surface area contributed by atoms with Crippen molar-refractivity contribution in [1.29, 1.82) is 0 Å². The Labute approximate surface area is 380 Å². The van der Waals surface area contributed by atoms with Crippen LogP contribution in [-0.2, 0) is 0 Å². The minimum absolute atomic E-state index is 1.08. The molecule has 5 heteroatoms. The molecule has 4 nitrogen and oxygen atoms in total. The van der Waals surface area contributed by atoms with Crippen molar-refractivity contribution < 1.29 is 0 Å². The van der Waals surface area contributed by atoms with Crippen LogP contribution in [0, 0.1) is 0 Å². The summed E-state index contributed by atoms with van der Waals surface area (Å²) in [7, 11) is 0. The minimum atomic E-state index is 1.08. The molecule has 0 unspecified atom stereocenters. The summed E-state index contributed by atoms with van der Waals surface area (Å²) in [5.74, 6) is 0. The van der Waals surface area contributed by atoms with Gasteiger partial charge in [-0.15, -0.1) is 11.3 Å². The van der Waals surface area contributed by atoms with Gasteiger partial charge in [-0.1, -0.05) is 133 Å². The lowest BCUT2D eigenvalue weighted by Gasteiger charge is -2.27. The summed E-state index contributed by atoms with van der Waals surface area (Å²) in [5, 5.41) is 8.54. The van der Waals surface area contributed by atoms with Crippen LogP contribution in [0.3, 0.4) is 0 Å². The van der Waals surface area contributed by atoms with Crippen molar-refractivity contribution in [2.45, 2.75) is 0 Å². The molecule has 0 spiro atoms. The molecule has 13 aromatic rings. The third-order valence-corrected chi connectivity index (χ3v) is 14.0. The Morgan fingerprint density at radius 1 is 0.308 bits per heavy atom. The van der Waals surface area contributed by atoms with E-state index in [0.717, 1.165) is 62.2 Å². The van der Waals surface area contributed by atoms with E-state index in [9.17, 15) is 0 Å². The SMILES string of the molecule is c1ccc(N(c2ccccc2)c2ccc3c(c2)c2c4ccc(N(c5ccc6sc7ccccc7c6c5)c5cccc6ccccc56)cc4n(-c4ccccc4)c2n3-c2ccccc2)cc1. The topological polar surface area (TPSA) is 16.3 Å². The van der Waals surface area contributed by atoms with Gasteiger partial charge in [0.05, 0.1) is 16.7 Å². The summed E-state index contributed by atoms with van der Waals surface area (Å²) in [6, 6.07) is 88.2. The average molecular weight is 849 g/mol. The van der Waals surface area contributed by atoms with Crippen LogP contribution in [0.5, 0.6) is 0 Å². The molecule has 0 bridgehead atoms. The molecule has 0 saturated carbocycles. The Hall–Kier alpha value is -8.38. The molecule has 0 radical (unpaired) electrons. The molecule has 0 aliphatic carbocycles. The molecule has 0 aliphatic heterocycles. The largest absolute Gasteiger partial charge is 0.310 e. The first kappa shape index (κ1) is 37.2. The van der Waals surface area contributed by atoms with E-state index in [2.05, 4.69) is 262 Å². The van der Waals surface area contributed by atoms with Gasteiger partial charge in [0.2, 0.25) is 0 Å². The standard InChI is InChI=1S/C60H40N4S/c1-5-20-42(21-6-1)61(43-22-7-2-8-23-43)46-33-36-55-53(39-46)59-51-35-32-48(40-56(51)64(45-26-11-4-12-27-45)60(59)63(55)44-24-9-3-10-25-44)62(54-30-17-19-41-18-13-14-28-49(41)54)47-34-37-58-52(38-47)50-29-15-16-31-57(50)65-58/h1-40H. The van der Waals surface area contributed by atoms with Crippen molar-refractivity contribution in [3.63, 3.8) is 0 Å². The number of fused-ring (bicyclic) bond motifs is 9. The fourth-order valence-corrected chi connectivity index (χ4v) is 11.1. The van der Waals surface area contributed by atoms with Crippen LogP contribution in [0.25, 0.3) is 75.2 Å². The van der Waals surface area contributed by atoms with Gasteiger partial charge < -0.3 is 9.80 Å². The van der Waals surface area contributed by atoms with Crippen LogP contribution in [0.4, 0.5) is 34.1 Å². The molecule has 3 heterocycles. The van der Waals surface area contributed by atoms with E-state index in [0.29, 0.717) is 0 Å². The maximum absolute atomic E-state index is 2.48. The number of anilines is 6. The lowest BCUT2D eigenvalue weighted by molar-refractivity contribution is 1.07. The monoisotopic (exact) mass is 848 g/mol. The maximum Gasteiger partial charge on any atom is 0.131 e. The van der Waals surface area contributed by atoms with Crippen LogP contribution >= 0.6 is 11.3 Å². The number of nitrogens with zero attached hydrogens (tertiary/aromatic N) is 4. The highest BCUT2D eigenvalue weighted by Gasteiger charge is 2.26. The van der Waals surface area contributed by atoms with Gasteiger partial charge in [-0.3, -0.25) is 9.13 Å². The first-order valence-electron chi connectivity index (χ1n) is 22.1. The Morgan fingerprint density at radius 3 is 1.55 bits per heavy atom. The van der Waals surface area contributed by atoms with Crippen molar-refractivity contribution in [1.82, 2.24) is 9.13 Å². The van der Waals surface area contributed by atoms with Gasteiger partial charge in [-0.25, -0.2) is 0 Å². The predicted octanol–water partition coefficient (Wildman–Crippen LogP) is 17.2. The highest BCUT2D eigenvalue weighted by Crippen LogP contribution is 2.47. The van der Waals surface area contributed by atoms with Crippen molar-refractivity contribution in [3.8, 4) is 11.4 Å². The summed E-state index contributed by atoms with van der Waals surface area (Å²) >= 11 is 1.85. The normalized spacial score (nSPS) is 11.7. The van der Waals surface area contributed by atoms with Crippen LogP contribution in [-0.4, -0.2) is 9.13 Å². The second kappa shape index (κ2) is 15.2. The molecule has 306 valence electrons. The van der Waals surface area contributed by atoms with E-state index in [1.807, 2.05) is 11.3 Å². The zero-order valence-corrected chi connectivity index (χ0v) is 36.1. The van der Waals surface area contributed by atoms with Crippen molar-refractivity contribution in [3.05, 3.63) is 243 Å². The van der Waals surface area contributed by atoms with Gasteiger partial charge >= 0.3 is 0 Å². The lowest BCUT2D eigenvalue weighted by Crippen LogP contribution is -2.11. The van der Waals surface area contributed by atoms with E-state index in [1.54, 1.807) is 0 Å². The van der Waals surface area contributed by atoms with Crippen molar-refractivity contribution in [2.75, 3.05) is 9.80 Å². The summed E-state index contributed by atoms with van der Waals surface area (Å²) in [6.07, 6.45) is 0. The van der Waals surface area contributed by atoms with Gasteiger partial charge in [0, 0.05) is 81.5 Å². The zero-order chi connectivity index (χ0) is 42.8. The van der Waals surface area contributed by atoms with E-state index in [4.69, 9.17) is 0 Å². The Bertz CT molecular complexity index is 3840. The summed E-state index contributed by atoms with van der Waals surface area (Å²) in [5.41, 5.74) is 12.3. The number of rotatable bonds is 8. The van der Waals surface area contributed by atoms with E-state index in [-0.39, 0.29) is 0 Å². The number of hydrogen-bond donors (Lipinski definition) is 0.